The lowest BCUT2D eigenvalue weighted by Gasteiger charge is -2.38. The van der Waals surface area contributed by atoms with Crippen molar-refractivity contribution in [1.82, 2.24) is 5.32 Å². The van der Waals surface area contributed by atoms with Crippen LogP contribution in [0.25, 0.3) is 21.9 Å². The summed E-state index contributed by atoms with van der Waals surface area (Å²) in [6.45, 7) is 0. The lowest BCUT2D eigenvalue weighted by molar-refractivity contribution is 0.447. The van der Waals surface area contributed by atoms with Gasteiger partial charge in [-0.1, -0.05) is 121 Å². The van der Waals surface area contributed by atoms with E-state index in [-0.39, 0.29) is 0 Å². The molecule has 10 rings (SSSR count). The van der Waals surface area contributed by atoms with Gasteiger partial charge in [0.2, 0.25) is 0 Å². The first kappa shape index (κ1) is 27.5. The number of rotatable bonds is 4. The number of aliphatic imine (C=N–C) groups is 2. The first-order valence-electron chi connectivity index (χ1n) is 16.4. The van der Waals surface area contributed by atoms with Crippen molar-refractivity contribution in [3.8, 4) is 34.1 Å². The van der Waals surface area contributed by atoms with Gasteiger partial charge >= 0.3 is 0 Å². The van der Waals surface area contributed by atoms with Crippen LogP contribution in [-0.2, 0) is 0 Å². The Bertz CT molecular complexity index is 2440. The Labute approximate surface area is 283 Å². The van der Waals surface area contributed by atoms with Gasteiger partial charge < -0.3 is 14.8 Å². The zero-order valence-electron chi connectivity index (χ0n) is 26.2. The minimum Gasteiger partial charge on any atom is -0.453 e. The third kappa shape index (κ3) is 4.57. The highest BCUT2D eigenvalue weighted by atomic mass is 16.5. The van der Waals surface area contributed by atoms with Gasteiger partial charge in [0.1, 0.15) is 17.4 Å². The van der Waals surface area contributed by atoms with Crippen LogP contribution in [0.5, 0.6) is 23.0 Å². The molecule has 6 heteroatoms. The average Bonchev–Trinajstić information content (AvgIpc) is 3.17. The van der Waals surface area contributed by atoms with Gasteiger partial charge in [0.15, 0.2) is 29.2 Å². The molecule has 49 heavy (non-hydrogen) atoms. The summed E-state index contributed by atoms with van der Waals surface area (Å²) >= 11 is 0. The van der Waals surface area contributed by atoms with Crippen LogP contribution in [0.3, 0.4) is 0 Å². The maximum atomic E-state index is 6.76. The van der Waals surface area contributed by atoms with Gasteiger partial charge in [-0.2, -0.15) is 0 Å². The molecule has 0 bridgehead atoms. The molecule has 0 fully saturated rings. The molecular formula is C43H28N4O2. The fraction of sp³-hybridized carbons (Fsp3) is 0.0233. The zero-order chi connectivity index (χ0) is 32.3. The lowest BCUT2D eigenvalue weighted by atomic mass is 9.98. The van der Waals surface area contributed by atoms with Gasteiger partial charge in [-0.05, 0) is 58.3 Å². The number of nitrogens with zero attached hydrogens (tertiary/aromatic N) is 3. The molecule has 0 aromatic heterocycles. The van der Waals surface area contributed by atoms with E-state index in [0.29, 0.717) is 0 Å². The van der Waals surface area contributed by atoms with Crippen molar-refractivity contribution in [2.75, 3.05) is 4.90 Å². The summed E-state index contributed by atoms with van der Waals surface area (Å²) in [5, 5.41) is 5.77. The van der Waals surface area contributed by atoms with Gasteiger partial charge in [0.25, 0.3) is 0 Å². The van der Waals surface area contributed by atoms with Gasteiger partial charge in [0.05, 0.1) is 11.4 Å². The molecule has 0 saturated carbocycles. The van der Waals surface area contributed by atoms with Crippen LogP contribution in [0, 0.1) is 0 Å². The van der Waals surface area contributed by atoms with E-state index in [1.165, 1.54) is 0 Å². The van der Waals surface area contributed by atoms with Gasteiger partial charge in [-0.3, -0.25) is 4.90 Å². The SMILES string of the molecule is c1ccc(C2=NC(c3cccc(-c4cccc5c4Oc4cccc6c4N5c4cc5ccccc5cc4O6)c3)N=C(c3ccccc3)N2)cc1. The number of fused-ring (bicyclic) bond motifs is 5. The van der Waals surface area contributed by atoms with Crippen LogP contribution in [0.15, 0.2) is 168 Å². The van der Waals surface area contributed by atoms with Crippen LogP contribution in [0.1, 0.15) is 22.9 Å². The van der Waals surface area contributed by atoms with Crippen LogP contribution in [0.2, 0.25) is 0 Å². The van der Waals surface area contributed by atoms with E-state index in [1.54, 1.807) is 0 Å². The molecule has 7 aromatic rings. The molecule has 0 unspecified atom stereocenters. The van der Waals surface area contributed by atoms with E-state index in [1.807, 2.05) is 54.6 Å². The van der Waals surface area contributed by atoms with Crippen molar-refractivity contribution in [2.45, 2.75) is 6.17 Å². The van der Waals surface area contributed by atoms with Crippen molar-refractivity contribution in [3.63, 3.8) is 0 Å². The predicted molar refractivity (Wildman–Crippen MR) is 196 cm³/mol. The van der Waals surface area contributed by atoms with Crippen molar-refractivity contribution >= 4 is 39.5 Å². The van der Waals surface area contributed by atoms with Gasteiger partial charge in [0, 0.05) is 16.7 Å². The van der Waals surface area contributed by atoms with Crippen LogP contribution >= 0.6 is 0 Å². The van der Waals surface area contributed by atoms with Crippen molar-refractivity contribution in [1.29, 1.82) is 0 Å². The van der Waals surface area contributed by atoms with Crippen LogP contribution in [0.4, 0.5) is 17.1 Å². The van der Waals surface area contributed by atoms with Crippen LogP contribution < -0.4 is 19.7 Å². The monoisotopic (exact) mass is 632 g/mol. The minimum absolute atomic E-state index is 0.435. The van der Waals surface area contributed by atoms with E-state index in [0.717, 1.165) is 90.3 Å². The molecule has 3 aliphatic rings. The number of benzene rings is 7. The molecule has 3 aliphatic heterocycles. The van der Waals surface area contributed by atoms with Crippen molar-refractivity contribution in [3.05, 3.63) is 174 Å². The molecule has 7 aromatic carbocycles. The van der Waals surface area contributed by atoms with Crippen LogP contribution in [-0.4, -0.2) is 11.7 Å². The van der Waals surface area contributed by atoms with E-state index in [9.17, 15) is 0 Å². The Kier molecular flexibility index (Phi) is 6.14. The summed E-state index contributed by atoms with van der Waals surface area (Å²) in [5.41, 5.74) is 7.85. The van der Waals surface area contributed by atoms with Gasteiger partial charge in [-0.25, -0.2) is 9.98 Å². The quantitative estimate of drug-likeness (QED) is 0.210. The first-order valence-corrected chi connectivity index (χ1v) is 16.4. The summed E-state index contributed by atoms with van der Waals surface area (Å²) in [6, 6.07) is 53.9. The zero-order valence-corrected chi connectivity index (χ0v) is 26.2. The molecule has 0 radical (unpaired) electrons. The second-order valence-electron chi connectivity index (χ2n) is 12.3. The minimum atomic E-state index is -0.435. The summed E-state index contributed by atoms with van der Waals surface area (Å²) in [4.78, 5) is 12.5. The van der Waals surface area contributed by atoms with E-state index in [4.69, 9.17) is 19.5 Å². The third-order valence-corrected chi connectivity index (χ3v) is 9.25. The highest BCUT2D eigenvalue weighted by molar-refractivity contribution is 6.16. The number of ether oxygens (including phenoxy) is 2. The molecule has 3 heterocycles. The summed E-state index contributed by atoms with van der Waals surface area (Å²) in [7, 11) is 0. The number of para-hydroxylation sites is 2. The molecule has 0 aliphatic carbocycles. The van der Waals surface area contributed by atoms with E-state index < -0.39 is 6.17 Å². The Morgan fingerprint density at radius 1 is 0.490 bits per heavy atom. The second kappa shape index (κ2) is 11.0. The summed E-state index contributed by atoms with van der Waals surface area (Å²) in [5.74, 6) is 4.70. The largest absolute Gasteiger partial charge is 0.453 e. The fourth-order valence-electron chi connectivity index (χ4n) is 6.94. The Morgan fingerprint density at radius 2 is 1.10 bits per heavy atom. The maximum absolute atomic E-state index is 6.76. The lowest BCUT2D eigenvalue weighted by Crippen LogP contribution is -2.35. The average molecular weight is 633 g/mol. The van der Waals surface area contributed by atoms with Gasteiger partial charge in [-0.15, -0.1) is 0 Å². The molecule has 0 saturated heterocycles. The first-order chi connectivity index (χ1) is 24.3. The summed E-state index contributed by atoms with van der Waals surface area (Å²) < 4.78 is 13.2. The number of hydrogen-bond donors (Lipinski definition) is 1. The predicted octanol–water partition coefficient (Wildman–Crippen LogP) is 10.7. The normalized spacial score (nSPS) is 14.3. The number of hydrogen-bond acceptors (Lipinski definition) is 6. The van der Waals surface area contributed by atoms with Crippen molar-refractivity contribution in [2.24, 2.45) is 9.98 Å². The molecular weight excluding hydrogens is 604 g/mol. The number of amidine groups is 2. The molecule has 1 N–H and O–H groups in total. The fourth-order valence-corrected chi connectivity index (χ4v) is 6.94. The molecule has 232 valence electrons. The van der Waals surface area contributed by atoms with E-state index >= 15 is 0 Å². The smallest absolute Gasteiger partial charge is 0.169 e. The standard InChI is InChI=1S/C43H28N4O2/c1-3-12-27(13-4-1)41-44-42(28-14-5-2-6-15-28)46-43(45-41)32-19-9-18-31(24-32)33-20-10-21-34-40(33)49-37-23-11-22-36-39(37)47(34)35-25-29-16-7-8-17-30(29)26-38(35)48-36/h1-26,43H,(H,44,45,46). The Hall–Kier alpha value is -6.66. The topological polar surface area (TPSA) is 58.5 Å². The Balaban J connectivity index is 1.10. The Morgan fingerprint density at radius 3 is 1.84 bits per heavy atom. The highest BCUT2D eigenvalue weighted by Crippen LogP contribution is 2.61. The molecule has 0 atom stereocenters. The molecule has 6 nitrogen and oxygen atoms in total. The summed E-state index contributed by atoms with van der Waals surface area (Å²) in [6.07, 6.45) is -0.435. The number of nitrogens with one attached hydrogen (secondary N) is 1. The number of anilines is 3. The second-order valence-corrected chi connectivity index (χ2v) is 12.3. The molecule has 0 spiro atoms. The van der Waals surface area contributed by atoms with Crippen molar-refractivity contribution < 1.29 is 9.47 Å². The maximum Gasteiger partial charge on any atom is 0.169 e. The third-order valence-electron chi connectivity index (χ3n) is 9.25. The highest BCUT2D eigenvalue weighted by Gasteiger charge is 2.36. The van der Waals surface area contributed by atoms with E-state index in [2.05, 4.69) is 113 Å². The molecule has 0 amide bonds.